The molecule has 0 saturated heterocycles. The number of nitrogens with one attached hydrogen (secondary N) is 2. The molecule has 0 bridgehead atoms. The lowest BCUT2D eigenvalue weighted by atomic mass is 9.85. The van der Waals surface area contributed by atoms with Gasteiger partial charge in [-0.05, 0) is 87.6 Å². The molecule has 3 atom stereocenters. The van der Waals surface area contributed by atoms with Crippen molar-refractivity contribution in [1.29, 1.82) is 0 Å². The number of aryl methyl sites for hydroxylation is 2. The molecule has 1 heterocycles. The van der Waals surface area contributed by atoms with Crippen LogP contribution >= 0.6 is 0 Å². The zero-order chi connectivity index (χ0) is 32.5. The minimum Gasteiger partial charge on any atom is -0.460 e. The molecule has 0 fully saturated rings. The lowest BCUT2D eigenvalue weighted by Crippen LogP contribution is -2.55. The summed E-state index contributed by atoms with van der Waals surface area (Å²) in [5, 5.41) is 6.00. The third-order valence-corrected chi connectivity index (χ3v) is 7.49. The number of aromatic nitrogens is 1. The standard InChI is InChI=1S/C37H49N3O4/c1-25-12-9-14-29(22-25)28-19-17-27(18-20-28)13-10-15-30(23-32(41)44-37(6,7)8)34(42)40-33(36(3,4)5)35(43)39-26(2)31-16-11-21-38-24-31/h9,11-12,14,16-22,24,26,30,33H,10,13,15,23H2,1-8H3,(H,39,43)(H,40,42)/t26-,30-,33-/m1/s1. The highest BCUT2D eigenvalue weighted by Gasteiger charge is 2.36. The van der Waals surface area contributed by atoms with E-state index >= 15 is 0 Å². The molecule has 0 aliphatic carbocycles. The molecule has 1 aromatic heterocycles. The molecular weight excluding hydrogens is 550 g/mol. The number of carbonyl (C=O) groups is 3. The largest absolute Gasteiger partial charge is 0.460 e. The van der Waals surface area contributed by atoms with Gasteiger partial charge >= 0.3 is 5.97 Å². The Morgan fingerprint density at radius 1 is 0.864 bits per heavy atom. The molecule has 7 heteroatoms. The van der Waals surface area contributed by atoms with Crippen LogP contribution in [0.1, 0.15) is 90.5 Å². The van der Waals surface area contributed by atoms with Crippen molar-refractivity contribution in [3.05, 3.63) is 89.7 Å². The quantitative estimate of drug-likeness (QED) is 0.216. The molecule has 0 spiro atoms. The predicted molar refractivity (Wildman–Crippen MR) is 176 cm³/mol. The average Bonchev–Trinajstić information content (AvgIpc) is 2.94. The molecule has 3 aromatic rings. The van der Waals surface area contributed by atoms with Gasteiger partial charge in [0.25, 0.3) is 0 Å². The Bertz CT molecular complexity index is 1390. The van der Waals surface area contributed by atoms with Crippen molar-refractivity contribution in [2.75, 3.05) is 0 Å². The monoisotopic (exact) mass is 599 g/mol. The lowest BCUT2D eigenvalue weighted by Gasteiger charge is -2.32. The molecule has 0 radical (unpaired) electrons. The van der Waals surface area contributed by atoms with Crippen molar-refractivity contribution in [3.8, 4) is 11.1 Å². The molecule has 0 aliphatic rings. The summed E-state index contributed by atoms with van der Waals surface area (Å²) in [6.07, 6.45) is 5.28. The van der Waals surface area contributed by atoms with E-state index < -0.39 is 28.9 Å². The van der Waals surface area contributed by atoms with Gasteiger partial charge in [0.2, 0.25) is 11.8 Å². The molecule has 236 valence electrons. The Morgan fingerprint density at radius 2 is 1.57 bits per heavy atom. The number of esters is 1. The van der Waals surface area contributed by atoms with Crippen LogP contribution in [-0.4, -0.2) is 34.4 Å². The summed E-state index contributed by atoms with van der Waals surface area (Å²) in [5.74, 6) is -1.67. The van der Waals surface area contributed by atoms with E-state index in [0.29, 0.717) is 12.8 Å². The number of carbonyl (C=O) groups excluding carboxylic acids is 3. The topological polar surface area (TPSA) is 97.4 Å². The van der Waals surface area contributed by atoms with Gasteiger partial charge in [0, 0.05) is 18.3 Å². The maximum atomic E-state index is 13.7. The Kier molecular flexibility index (Phi) is 11.9. The summed E-state index contributed by atoms with van der Waals surface area (Å²) >= 11 is 0. The highest BCUT2D eigenvalue weighted by molar-refractivity contribution is 5.90. The molecule has 44 heavy (non-hydrogen) atoms. The van der Waals surface area contributed by atoms with Crippen molar-refractivity contribution in [2.24, 2.45) is 11.3 Å². The van der Waals surface area contributed by atoms with E-state index in [9.17, 15) is 14.4 Å². The number of hydrogen-bond donors (Lipinski definition) is 2. The van der Waals surface area contributed by atoms with Crippen molar-refractivity contribution < 1.29 is 19.1 Å². The van der Waals surface area contributed by atoms with Crippen molar-refractivity contribution in [1.82, 2.24) is 15.6 Å². The van der Waals surface area contributed by atoms with Crippen molar-refractivity contribution >= 4 is 17.8 Å². The zero-order valence-corrected chi connectivity index (χ0v) is 27.6. The van der Waals surface area contributed by atoms with Crippen LogP contribution in [0.3, 0.4) is 0 Å². The van der Waals surface area contributed by atoms with E-state index in [1.54, 1.807) is 12.4 Å². The molecule has 0 aliphatic heterocycles. The van der Waals surface area contributed by atoms with Gasteiger partial charge in [-0.2, -0.15) is 0 Å². The molecule has 0 unspecified atom stereocenters. The zero-order valence-electron chi connectivity index (χ0n) is 27.6. The van der Waals surface area contributed by atoms with Crippen LogP contribution in [0.4, 0.5) is 0 Å². The fourth-order valence-corrected chi connectivity index (χ4v) is 5.10. The highest BCUT2D eigenvalue weighted by Crippen LogP contribution is 2.25. The van der Waals surface area contributed by atoms with E-state index in [1.807, 2.05) is 60.6 Å². The summed E-state index contributed by atoms with van der Waals surface area (Å²) in [7, 11) is 0. The van der Waals surface area contributed by atoms with Gasteiger partial charge in [0.15, 0.2) is 0 Å². The van der Waals surface area contributed by atoms with Crippen LogP contribution < -0.4 is 10.6 Å². The van der Waals surface area contributed by atoms with E-state index in [4.69, 9.17) is 4.74 Å². The van der Waals surface area contributed by atoms with Crippen LogP contribution in [0.25, 0.3) is 11.1 Å². The van der Waals surface area contributed by atoms with Gasteiger partial charge in [-0.3, -0.25) is 19.4 Å². The summed E-state index contributed by atoms with van der Waals surface area (Å²) < 4.78 is 5.56. The minimum absolute atomic E-state index is 0.0556. The second kappa shape index (κ2) is 15.1. The lowest BCUT2D eigenvalue weighted by molar-refractivity contribution is -0.157. The molecule has 7 nitrogen and oxygen atoms in total. The number of nitrogens with zero attached hydrogens (tertiary/aromatic N) is 1. The van der Waals surface area contributed by atoms with E-state index in [1.165, 1.54) is 11.1 Å². The number of amides is 2. The maximum Gasteiger partial charge on any atom is 0.307 e. The Labute approximate surface area is 263 Å². The van der Waals surface area contributed by atoms with Crippen LogP contribution in [0.15, 0.2) is 73.1 Å². The highest BCUT2D eigenvalue weighted by atomic mass is 16.6. The van der Waals surface area contributed by atoms with Gasteiger partial charge in [0.05, 0.1) is 12.5 Å². The first-order valence-electron chi connectivity index (χ1n) is 15.5. The number of pyridine rings is 1. The summed E-state index contributed by atoms with van der Waals surface area (Å²) in [5.41, 5.74) is 4.36. The number of ether oxygens (including phenoxy) is 1. The molecule has 2 amide bonds. The molecule has 2 N–H and O–H groups in total. The van der Waals surface area contributed by atoms with Gasteiger partial charge in [0.1, 0.15) is 11.6 Å². The van der Waals surface area contributed by atoms with Gasteiger partial charge in [-0.15, -0.1) is 0 Å². The Hall–Kier alpha value is -4.00. The number of hydrogen-bond acceptors (Lipinski definition) is 5. The molecular formula is C37H49N3O4. The second-order valence-electron chi connectivity index (χ2n) is 13.8. The second-order valence-corrected chi connectivity index (χ2v) is 13.8. The van der Waals surface area contributed by atoms with E-state index in [2.05, 4.69) is 71.1 Å². The van der Waals surface area contributed by atoms with Crippen LogP contribution in [-0.2, 0) is 25.5 Å². The summed E-state index contributed by atoms with van der Waals surface area (Å²) in [6, 6.07) is 19.5. The summed E-state index contributed by atoms with van der Waals surface area (Å²) in [6.45, 7) is 15.1. The SMILES string of the molecule is Cc1cccc(-c2ccc(CCC[C@H](CC(=O)OC(C)(C)C)C(=O)N[C@H](C(=O)N[C@H](C)c3cccnc3)C(C)(C)C)cc2)c1. The molecule has 3 rings (SSSR count). The van der Waals surface area contributed by atoms with Crippen LogP contribution in [0.5, 0.6) is 0 Å². The predicted octanol–water partition coefficient (Wildman–Crippen LogP) is 7.14. The van der Waals surface area contributed by atoms with Gasteiger partial charge in [-0.1, -0.05) is 80.9 Å². The number of benzene rings is 2. The third kappa shape index (κ3) is 10.9. The fraction of sp³-hybridized carbons (Fsp3) is 0.459. The molecule has 2 aromatic carbocycles. The Balaban J connectivity index is 1.70. The smallest absolute Gasteiger partial charge is 0.307 e. The number of rotatable bonds is 12. The minimum atomic E-state index is -0.801. The van der Waals surface area contributed by atoms with E-state index in [-0.39, 0.29) is 24.3 Å². The first kappa shape index (κ1) is 34.5. The Morgan fingerprint density at radius 3 is 2.16 bits per heavy atom. The van der Waals surface area contributed by atoms with Crippen molar-refractivity contribution in [2.45, 2.75) is 98.8 Å². The fourth-order valence-electron chi connectivity index (χ4n) is 5.10. The first-order chi connectivity index (χ1) is 20.6. The van der Waals surface area contributed by atoms with Gasteiger partial charge < -0.3 is 15.4 Å². The average molecular weight is 600 g/mol. The maximum absolute atomic E-state index is 13.7. The summed E-state index contributed by atoms with van der Waals surface area (Å²) in [4.78, 5) is 44.1. The first-order valence-corrected chi connectivity index (χ1v) is 15.5. The van der Waals surface area contributed by atoms with Crippen molar-refractivity contribution in [3.63, 3.8) is 0 Å². The van der Waals surface area contributed by atoms with E-state index in [0.717, 1.165) is 23.1 Å². The van der Waals surface area contributed by atoms with Gasteiger partial charge in [-0.25, -0.2) is 0 Å². The normalized spacial score (nSPS) is 13.8. The molecule has 0 saturated carbocycles. The van der Waals surface area contributed by atoms with Crippen LogP contribution in [0, 0.1) is 18.3 Å². The van der Waals surface area contributed by atoms with Crippen LogP contribution in [0.2, 0.25) is 0 Å². The third-order valence-electron chi connectivity index (χ3n) is 7.49.